The molecule has 1 atom stereocenters. The highest BCUT2D eigenvalue weighted by Crippen LogP contribution is 2.30. The zero-order chi connectivity index (χ0) is 18.9. The molecule has 8 heteroatoms. The fraction of sp³-hybridized carbons (Fsp3) is 0.389. The first kappa shape index (κ1) is 18.2. The second-order valence-corrected chi connectivity index (χ2v) is 6.32. The second kappa shape index (κ2) is 6.95. The van der Waals surface area contributed by atoms with Gasteiger partial charge in [-0.25, -0.2) is 8.78 Å². The number of aryl methyl sites for hydroxylation is 2. The molecule has 1 aromatic carbocycles. The summed E-state index contributed by atoms with van der Waals surface area (Å²) in [7, 11) is 0. The maximum atomic E-state index is 13.2. The Morgan fingerprint density at radius 1 is 1.31 bits per heavy atom. The van der Waals surface area contributed by atoms with Crippen LogP contribution in [0.25, 0.3) is 0 Å². The molecule has 138 valence electrons. The Morgan fingerprint density at radius 3 is 2.62 bits per heavy atom. The fourth-order valence-electron chi connectivity index (χ4n) is 3.10. The number of rotatable bonds is 6. The third-order valence-electron chi connectivity index (χ3n) is 4.58. The molecule has 3 rings (SSSR count). The second-order valence-electron chi connectivity index (χ2n) is 6.32. The van der Waals surface area contributed by atoms with E-state index in [1.807, 2.05) is 6.92 Å². The SMILES string of the molecule is CCn1cc(N2CC[C@](O)(C(=O)CCc3cc(F)cc(F)c3)C2=O)cn1. The van der Waals surface area contributed by atoms with E-state index >= 15 is 0 Å². The molecule has 1 saturated heterocycles. The first-order chi connectivity index (χ1) is 12.3. The number of nitrogens with zero attached hydrogens (tertiary/aromatic N) is 3. The number of aliphatic hydroxyl groups is 1. The number of carbonyl (C=O) groups is 2. The van der Waals surface area contributed by atoms with E-state index in [0.29, 0.717) is 17.8 Å². The van der Waals surface area contributed by atoms with Crippen molar-refractivity contribution in [3.63, 3.8) is 0 Å². The van der Waals surface area contributed by atoms with Gasteiger partial charge in [0.05, 0.1) is 11.9 Å². The monoisotopic (exact) mass is 363 g/mol. The lowest BCUT2D eigenvalue weighted by atomic mass is 9.92. The van der Waals surface area contributed by atoms with Crippen molar-refractivity contribution >= 4 is 17.4 Å². The van der Waals surface area contributed by atoms with E-state index in [-0.39, 0.29) is 25.8 Å². The third kappa shape index (κ3) is 3.37. The van der Waals surface area contributed by atoms with Crippen LogP contribution in [0.2, 0.25) is 0 Å². The highest BCUT2D eigenvalue weighted by molar-refractivity contribution is 6.16. The van der Waals surface area contributed by atoms with E-state index in [1.54, 1.807) is 10.9 Å². The van der Waals surface area contributed by atoms with Crippen LogP contribution in [0.1, 0.15) is 25.3 Å². The van der Waals surface area contributed by atoms with E-state index in [9.17, 15) is 23.5 Å². The standard InChI is InChI=1S/C18H19F2N3O3/c1-2-22-11-15(10-21-22)23-6-5-18(26,17(23)25)16(24)4-3-12-7-13(19)9-14(20)8-12/h7-11,26H,2-6H2,1H3/t18-/m0/s1. The molecule has 0 saturated carbocycles. The van der Waals surface area contributed by atoms with Crippen LogP contribution in [0, 0.1) is 11.6 Å². The summed E-state index contributed by atoms with van der Waals surface area (Å²) in [5.41, 5.74) is -1.29. The summed E-state index contributed by atoms with van der Waals surface area (Å²) in [5.74, 6) is -2.81. The summed E-state index contributed by atoms with van der Waals surface area (Å²) >= 11 is 0. The van der Waals surface area contributed by atoms with Crippen LogP contribution < -0.4 is 4.90 Å². The number of amides is 1. The zero-order valence-corrected chi connectivity index (χ0v) is 14.3. The van der Waals surface area contributed by atoms with Crippen molar-refractivity contribution in [3.05, 3.63) is 47.8 Å². The molecule has 2 heterocycles. The Hall–Kier alpha value is -2.61. The topological polar surface area (TPSA) is 75.4 Å². The average molecular weight is 363 g/mol. The molecule has 0 aliphatic carbocycles. The van der Waals surface area contributed by atoms with Gasteiger partial charge in [0.1, 0.15) is 11.6 Å². The number of halogens is 2. The van der Waals surface area contributed by atoms with Crippen molar-refractivity contribution in [3.8, 4) is 0 Å². The van der Waals surface area contributed by atoms with Gasteiger partial charge in [-0.05, 0) is 31.0 Å². The first-order valence-corrected chi connectivity index (χ1v) is 8.38. The van der Waals surface area contributed by atoms with Gasteiger partial charge in [0.15, 0.2) is 5.78 Å². The van der Waals surface area contributed by atoms with Crippen molar-refractivity contribution in [1.29, 1.82) is 0 Å². The van der Waals surface area contributed by atoms with Crippen molar-refractivity contribution in [2.24, 2.45) is 0 Å². The van der Waals surface area contributed by atoms with Gasteiger partial charge < -0.3 is 10.0 Å². The molecular formula is C18H19F2N3O3. The van der Waals surface area contributed by atoms with E-state index in [0.717, 1.165) is 18.2 Å². The van der Waals surface area contributed by atoms with Crippen molar-refractivity contribution in [2.45, 2.75) is 38.3 Å². The molecule has 0 spiro atoms. The van der Waals surface area contributed by atoms with Crippen LogP contribution in [0.3, 0.4) is 0 Å². The number of ketones is 1. The minimum absolute atomic E-state index is 0.0283. The molecule has 0 radical (unpaired) electrons. The molecule has 1 amide bonds. The van der Waals surface area contributed by atoms with Crippen molar-refractivity contribution in [1.82, 2.24) is 9.78 Å². The lowest BCUT2D eigenvalue weighted by Crippen LogP contribution is -2.47. The van der Waals surface area contributed by atoms with Gasteiger partial charge in [-0.2, -0.15) is 5.10 Å². The number of hydrogen-bond donors (Lipinski definition) is 1. The molecule has 0 unspecified atom stereocenters. The minimum atomic E-state index is -2.11. The molecule has 1 aliphatic rings. The van der Waals surface area contributed by atoms with E-state index in [2.05, 4.69) is 5.10 Å². The number of hydrogen-bond acceptors (Lipinski definition) is 4. The van der Waals surface area contributed by atoms with Gasteiger partial charge in [0, 0.05) is 38.2 Å². The van der Waals surface area contributed by atoms with E-state index in [4.69, 9.17) is 0 Å². The molecule has 1 aromatic heterocycles. The number of aromatic nitrogens is 2. The molecule has 26 heavy (non-hydrogen) atoms. The molecule has 0 bridgehead atoms. The molecule has 1 N–H and O–H groups in total. The first-order valence-electron chi connectivity index (χ1n) is 8.38. The summed E-state index contributed by atoms with van der Waals surface area (Å²) < 4.78 is 28.1. The highest BCUT2D eigenvalue weighted by Gasteiger charge is 2.51. The largest absolute Gasteiger partial charge is 0.373 e. The zero-order valence-electron chi connectivity index (χ0n) is 14.3. The van der Waals surface area contributed by atoms with E-state index in [1.165, 1.54) is 11.1 Å². The normalized spacial score (nSPS) is 20.0. The lowest BCUT2D eigenvalue weighted by Gasteiger charge is -2.20. The average Bonchev–Trinajstić information content (AvgIpc) is 3.18. The van der Waals surface area contributed by atoms with Crippen LogP contribution in [0.15, 0.2) is 30.6 Å². The van der Waals surface area contributed by atoms with Gasteiger partial charge in [-0.3, -0.25) is 14.3 Å². The molecule has 6 nitrogen and oxygen atoms in total. The van der Waals surface area contributed by atoms with Crippen LogP contribution >= 0.6 is 0 Å². The number of Topliss-reactive ketones (excluding diaryl/α,β-unsaturated/α-hetero) is 1. The van der Waals surface area contributed by atoms with Gasteiger partial charge in [-0.15, -0.1) is 0 Å². The maximum absolute atomic E-state index is 13.2. The predicted molar refractivity (Wildman–Crippen MR) is 89.5 cm³/mol. The van der Waals surface area contributed by atoms with E-state index < -0.39 is 28.9 Å². The Kier molecular flexibility index (Phi) is 4.86. The quantitative estimate of drug-likeness (QED) is 0.795. The van der Waals surface area contributed by atoms with Crippen molar-refractivity contribution in [2.75, 3.05) is 11.4 Å². The van der Waals surface area contributed by atoms with Gasteiger partial charge in [0.25, 0.3) is 5.91 Å². The minimum Gasteiger partial charge on any atom is -0.373 e. The number of anilines is 1. The summed E-state index contributed by atoms with van der Waals surface area (Å²) in [6.07, 6.45) is 3.00. The summed E-state index contributed by atoms with van der Waals surface area (Å²) in [5, 5.41) is 14.7. The number of benzene rings is 1. The van der Waals surface area contributed by atoms with Crippen LogP contribution in [-0.2, 0) is 22.6 Å². The molecule has 2 aromatic rings. The van der Waals surface area contributed by atoms with Gasteiger partial charge >= 0.3 is 0 Å². The molecular weight excluding hydrogens is 344 g/mol. The van der Waals surface area contributed by atoms with Gasteiger partial charge in [0.2, 0.25) is 5.60 Å². The molecule has 1 fully saturated rings. The highest BCUT2D eigenvalue weighted by atomic mass is 19.1. The summed E-state index contributed by atoms with van der Waals surface area (Å²) in [6.45, 7) is 2.73. The molecule has 1 aliphatic heterocycles. The van der Waals surface area contributed by atoms with Crippen LogP contribution in [-0.4, -0.2) is 38.7 Å². The van der Waals surface area contributed by atoms with Crippen LogP contribution in [0.4, 0.5) is 14.5 Å². The van der Waals surface area contributed by atoms with Crippen LogP contribution in [0.5, 0.6) is 0 Å². The maximum Gasteiger partial charge on any atom is 0.266 e. The fourth-order valence-corrected chi connectivity index (χ4v) is 3.10. The smallest absolute Gasteiger partial charge is 0.266 e. The Labute approximate surface area is 149 Å². The van der Waals surface area contributed by atoms with Gasteiger partial charge in [-0.1, -0.05) is 0 Å². The van der Waals surface area contributed by atoms with Crippen molar-refractivity contribution < 1.29 is 23.5 Å². The Morgan fingerprint density at radius 2 is 2.00 bits per heavy atom. The Bertz CT molecular complexity index is 832. The third-order valence-corrected chi connectivity index (χ3v) is 4.58. The summed E-state index contributed by atoms with van der Waals surface area (Å²) in [4.78, 5) is 26.4. The lowest BCUT2D eigenvalue weighted by molar-refractivity contribution is -0.147. The number of carbonyl (C=O) groups excluding carboxylic acids is 2. The Balaban J connectivity index is 1.69. The summed E-state index contributed by atoms with van der Waals surface area (Å²) in [6, 6.07) is 3.00. The predicted octanol–water partition coefficient (Wildman–Crippen LogP) is 1.85.